The smallest absolute Gasteiger partial charge is 0.312 e. The number of hydrogen-bond donors (Lipinski definition) is 1. The summed E-state index contributed by atoms with van der Waals surface area (Å²) in [5.41, 5.74) is 3.86. The van der Waals surface area contributed by atoms with Crippen LogP contribution >= 0.6 is 11.6 Å². The largest absolute Gasteiger partial charge is 0.454 e. The van der Waals surface area contributed by atoms with E-state index in [1.807, 2.05) is 0 Å². The summed E-state index contributed by atoms with van der Waals surface area (Å²) in [6.07, 6.45) is -1.25. The van der Waals surface area contributed by atoms with Crippen molar-refractivity contribution in [1.29, 1.82) is 0 Å². The quantitative estimate of drug-likeness (QED) is 0.371. The Morgan fingerprint density at radius 2 is 1.88 bits per heavy atom. The Morgan fingerprint density at radius 3 is 2.53 bits per heavy atom. The van der Waals surface area contributed by atoms with Gasteiger partial charge in [-0.1, -0.05) is 18.2 Å². The molecule has 2 atom stereocenters. The van der Waals surface area contributed by atoms with E-state index in [4.69, 9.17) is 16.3 Å². The number of alkyl halides is 1. The van der Waals surface area contributed by atoms with Crippen molar-refractivity contribution in [2.24, 2.45) is 5.92 Å². The summed E-state index contributed by atoms with van der Waals surface area (Å²) < 4.78 is 18.5. The Balaban J connectivity index is 1.63. The van der Waals surface area contributed by atoms with Gasteiger partial charge in [-0.05, 0) is 42.8 Å². The van der Waals surface area contributed by atoms with Crippen LogP contribution in [0.1, 0.15) is 39.1 Å². The summed E-state index contributed by atoms with van der Waals surface area (Å²) in [7, 11) is 0. The number of hydrogen-bond acceptors (Lipinski definition) is 5. The molecule has 32 heavy (non-hydrogen) atoms. The van der Waals surface area contributed by atoms with E-state index >= 15 is 0 Å². The molecule has 1 aliphatic rings. The summed E-state index contributed by atoms with van der Waals surface area (Å²) in [5, 5.41) is 1.08. The molecule has 0 saturated carbocycles. The van der Waals surface area contributed by atoms with Gasteiger partial charge in [-0.2, -0.15) is 0 Å². The van der Waals surface area contributed by atoms with E-state index in [1.165, 1.54) is 12.1 Å². The minimum Gasteiger partial charge on any atom is -0.454 e. The third-order valence-electron chi connectivity index (χ3n) is 5.14. The predicted molar refractivity (Wildman–Crippen MR) is 114 cm³/mol. The molecule has 0 aliphatic carbocycles. The maximum absolute atomic E-state index is 13.1. The third-order valence-corrected chi connectivity index (χ3v) is 5.35. The molecule has 1 heterocycles. The first kappa shape index (κ1) is 23.4. The zero-order chi connectivity index (χ0) is 23.3. The van der Waals surface area contributed by atoms with Gasteiger partial charge in [-0.15, -0.1) is 11.6 Å². The number of aryl methyl sites for hydroxylation is 1. The third kappa shape index (κ3) is 5.50. The first-order valence-electron chi connectivity index (χ1n) is 10.0. The second-order valence-corrected chi connectivity index (χ2v) is 7.81. The minimum absolute atomic E-state index is 0.0626. The highest BCUT2D eigenvalue weighted by atomic mass is 35.5. The van der Waals surface area contributed by atoms with Gasteiger partial charge in [0.1, 0.15) is 5.82 Å². The molecule has 1 saturated heterocycles. The van der Waals surface area contributed by atoms with Crippen LogP contribution in [0.4, 0.5) is 4.39 Å². The number of carbonyl (C=O) groups is 4. The van der Waals surface area contributed by atoms with E-state index in [0.29, 0.717) is 5.56 Å². The topological polar surface area (TPSA) is 92.8 Å². The number of halogens is 2. The number of amides is 2. The van der Waals surface area contributed by atoms with Crippen molar-refractivity contribution in [3.63, 3.8) is 0 Å². The van der Waals surface area contributed by atoms with Gasteiger partial charge in [0.15, 0.2) is 6.10 Å². The monoisotopic (exact) mass is 460 g/mol. The highest BCUT2D eigenvalue weighted by molar-refractivity contribution is 6.18. The number of hydrazine groups is 1. The number of ether oxygens (including phenoxy) is 1. The van der Waals surface area contributed by atoms with Gasteiger partial charge in [0.25, 0.3) is 5.91 Å². The Labute approximate surface area is 189 Å². The van der Waals surface area contributed by atoms with Crippen LogP contribution in [-0.2, 0) is 14.3 Å². The van der Waals surface area contributed by atoms with Crippen molar-refractivity contribution in [2.75, 3.05) is 12.4 Å². The molecule has 0 spiro atoms. The van der Waals surface area contributed by atoms with E-state index in [1.54, 1.807) is 31.2 Å². The summed E-state index contributed by atoms with van der Waals surface area (Å²) in [6.45, 7) is 1.70. The molecule has 9 heteroatoms. The second kappa shape index (κ2) is 10.4. The van der Waals surface area contributed by atoms with Gasteiger partial charge in [-0.3, -0.25) is 29.6 Å². The van der Waals surface area contributed by atoms with Crippen LogP contribution in [0.2, 0.25) is 0 Å². The fourth-order valence-corrected chi connectivity index (χ4v) is 3.56. The van der Waals surface area contributed by atoms with Crippen molar-refractivity contribution in [2.45, 2.75) is 25.9 Å². The van der Waals surface area contributed by atoms with E-state index in [-0.39, 0.29) is 30.8 Å². The average molecular weight is 461 g/mol. The van der Waals surface area contributed by atoms with Gasteiger partial charge < -0.3 is 4.74 Å². The van der Waals surface area contributed by atoms with Crippen LogP contribution in [0, 0.1) is 18.7 Å². The molecule has 0 aromatic heterocycles. The van der Waals surface area contributed by atoms with Crippen LogP contribution in [0.5, 0.6) is 0 Å². The van der Waals surface area contributed by atoms with E-state index in [2.05, 4.69) is 5.43 Å². The number of ketones is 1. The standard InChI is InChI=1S/C23H22ClFN2O5/c1-14-4-2-3-5-18(14)22(30)26-27-13-16(12-20(27)28)23(31)32-19(10-11-24)21(29)15-6-8-17(25)9-7-15/h2-9,16,19H,10-13H2,1H3,(H,26,30)/t16-,19-/m1/s1. The molecule has 168 valence electrons. The van der Waals surface area contributed by atoms with Crippen molar-refractivity contribution < 1.29 is 28.3 Å². The number of nitrogens with one attached hydrogen (secondary N) is 1. The van der Waals surface area contributed by atoms with Crippen molar-refractivity contribution in [3.8, 4) is 0 Å². The Hall–Kier alpha value is -3.26. The van der Waals surface area contributed by atoms with Crippen molar-refractivity contribution >= 4 is 35.2 Å². The number of rotatable bonds is 8. The molecule has 2 amide bonds. The molecule has 7 nitrogen and oxygen atoms in total. The number of esters is 1. The first-order chi connectivity index (χ1) is 15.3. The summed E-state index contributed by atoms with van der Waals surface area (Å²) in [5.74, 6) is -3.43. The van der Waals surface area contributed by atoms with Crippen LogP contribution in [0.15, 0.2) is 48.5 Å². The van der Waals surface area contributed by atoms with Gasteiger partial charge in [0.2, 0.25) is 11.7 Å². The molecular weight excluding hydrogens is 439 g/mol. The lowest BCUT2D eigenvalue weighted by Crippen LogP contribution is -2.44. The minimum atomic E-state index is -1.16. The Bertz CT molecular complexity index is 1030. The first-order valence-corrected chi connectivity index (χ1v) is 10.6. The molecule has 0 bridgehead atoms. The molecule has 3 rings (SSSR count). The SMILES string of the molecule is Cc1ccccc1C(=O)NN1C[C@H](C(=O)O[C@H](CCCl)C(=O)c2ccc(F)cc2)CC1=O. The summed E-state index contributed by atoms with van der Waals surface area (Å²) >= 11 is 5.76. The Kier molecular flexibility index (Phi) is 7.58. The van der Waals surface area contributed by atoms with Gasteiger partial charge in [0, 0.05) is 29.8 Å². The van der Waals surface area contributed by atoms with Crippen LogP contribution < -0.4 is 5.43 Å². The zero-order valence-electron chi connectivity index (χ0n) is 17.3. The maximum Gasteiger partial charge on any atom is 0.312 e. The number of carbonyl (C=O) groups excluding carboxylic acids is 4. The predicted octanol–water partition coefficient (Wildman–Crippen LogP) is 3.05. The summed E-state index contributed by atoms with van der Waals surface area (Å²) in [6, 6.07) is 11.8. The lowest BCUT2D eigenvalue weighted by molar-refractivity contribution is -0.151. The highest BCUT2D eigenvalue weighted by Gasteiger charge is 2.38. The molecule has 2 aromatic carbocycles. The van der Waals surface area contributed by atoms with E-state index in [9.17, 15) is 23.6 Å². The number of nitrogens with zero attached hydrogens (tertiary/aromatic N) is 1. The highest BCUT2D eigenvalue weighted by Crippen LogP contribution is 2.21. The fraction of sp³-hybridized carbons (Fsp3) is 0.304. The van der Waals surface area contributed by atoms with Crippen molar-refractivity contribution in [3.05, 3.63) is 71.0 Å². The molecule has 1 aliphatic heterocycles. The van der Waals surface area contributed by atoms with Gasteiger partial charge in [0.05, 0.1) is 12.5 Å². The average Bonchev–Trinajstić information content (AvgIpc) is 3.14. The number of benzene rings is 2. The maximum atomic E-state index is 13.1. The second-order valence-electron chi connectivity index (χ2n) is 7.44. The number of Topliss-reactive ketones (excluding diaryl/α,β-unsaturated/α-hetero) is 1. The molecule has 1 N–H and O–H groups in total. The molecular formula is C23H22ClFN2O5. The lowest BCUT2D eigenvalue weighted by atomic mass is 10.0. The van der Waals surface area contributed by atoms with Crippen molar-refractivity contribution in [1.82, 2.24) is 10.4 Å². The molecule has 0 radical (unpaired) electrons. The molecule has 2 aromatic rings. The fourth-order valence-electron chi connectivity index (χ4n) is 3.36. The molecule has 0 unspecified atom stereocenters. The van der Waals surface area contributed by atoms with Crippen LogP contribution in [-0.4, -0.2) is 47.1 Å². The van der Waals surface area contributed by atoms with Crippen LogP contribution in [0.3, 0.4) is 0 Å². The van der Waals surface area contributed by atoms with Gasteiger partial charge in [-0.25, -0.2) is 4.39 Å². The van der Waals surface area contributed by atoms with E-state index in [0.717, 1.165) is 22.7 Å². The van der Waals surface area contributed by atoms with Gasteiger partial charge >= 0.3 is 5.97 Å². The van der Waals surface area contributed by atoms with E-state index < -0.39 is 41.4 Å². The summed E-state index contributed by atoms with van der Waals surface area (Å²) in [4.78, 5) is 50.1. The lowest BCUT2D eigenvalue weighted by Gasteiger charge is -2.20. The normalized spacial score (nSPS) is 16.5. The molecule has 1 fully saturated rings. The Morgan fingerprint density at radius 1 is 1.19 bits per heavy atom. The zero-order valence-corrected chi connectivity index (χ0v) is 18.1. The van der Waals surface area contributed by atoms with Crippen LogP contribution in [0.25, 0.3) is 0 Å².